The van der Waals surface area contributed by atoms with Crippen LogP contribution in [0.15, 0.2) is 12.4 Å². The molecule has 0 aliphatic carbocycles. The lowest BCUT2D eigenvalue weighted by Crippen LogP contribution is -1.95. The van der Waals surface area contributed by atoms with Gasteiger partial charge in [-0.15, -0.1) is 0 Å². The molecule has 4 nitrogen and oxygen atoms in total. The first-order chi connectivity index (χ1) is 6.72. The van der Waals surface area contributed by atoms with E-state index in [0.29, 0.717) is 11.2 Å². The van der Waals surface area contributed by atoms with Crippen LogP contribution in [0.4, 0.5) is 5.95 Å². The van der Waals surface area contributed by atoms with Crippen LogP contribution in [0.5, 0.6) is 0 Å². The second-order valence-corrected chi connectivity index (χ2v) is 4.29. The smallest absolute Gasteiger partial charge is 0.220 e. The van der Waals surface area contributed by atoms with Crippen molar-refractivity contribution in [2.75, 3.05) is 12.0 Å². The first-order valence-corrected chi connectivity index (χ1v) is 5.63. The summed E-state index contributed by atoms with van der Waals surface area (Å²) in [4.78, 5) is 11.3. The molecule has 0 saturated carbocycles. The van der Waals surface area contributed by atoms with E-state index in [1.165, 1.54) is 5.56 Å². The molecule has 74 valence electrons. The van der Waals surface area contributed by atoms with E-state index in [-0.39, 0.29) is 0 Å². The SMILES string of the molecule is CS[C@@H](C)c1c[nH]c2cnc(N)nc12. The zero-order valence-corrected chi connectivity index (χ0v) is 8.93. The molecular weight excluding hydrogens is 196 g/mol. The fraction of sp³-hybridized carbons (Fsp3) is 0.333. The molecule has 2 rings (SSSR count). The van der Waals surface area contributed by atoms with Crippen molar-refractivity contribution in [2.45, 2.75) is 12.2 Å². The van der Waals surface area contributed by atoms with Crippen LogP contribution in [0.2, 0.25) is 0 Å². The summed E-state index contributed by atoms with van der Waals surface area (Å²) in [6.45, 7) is 2.14. The standard InChI is InChI=1S/C9H12N4S/c1-5(14-2)6-3-11-7-4-12-9(10)13-8(6)7/h3-5,11H,1-2H3,(H2,10,12,13)/t5-/m0/s1. The third-order valence-electron chi connectivity index (χ3n) is 2.26. The van der Waals surface area contributed by atoms with Gasteiger partial charge >= 0.3 is 0 Å². The van der Waals surface area contributed by atoms with Crippen LogP contribution in [-0.2, 0) is 0 Å². The number of aromatic amines is 1. The Morgan fingerprint density at radius 2 is 2.36 bits per heavy atom. The van der Waals surface area contributed by atoms with Crippen LogP contribution < -0.4 is 5.73 Å². The summed E-state index contributed by atoms with van der Waals surface area (Å²) in [6.07, 6.45) is 5.77. The van der Waals surface area contributed by atoms with Gasteiger partial charge in [0.05, 0.1) is 17.2 Å². The normalized spacial score (nSPS) is 13.3. The lowest BCUT2D eigenvalue weighted by molar-refractivity contribution is 1.11. The summed E-state index contributed by atoms with van der Waals surface area (Å²) in [7, 11) is 0. The van der Waals surface area contributed by atoms with Gasteiger partial charge in [-0.2, -0.15) is 11.8 Å². The number of aromatic nitrogens is 3. The number of anilines is 1. The number of hydrogen-bond donors (Lipinski definition) is 2. The molecule has 14 heavy (non-hydrogen) atoms. The van der Waals surface area contributed by atoms with E-state index in [4.69, 9.17) is 5.73 Å². The van der Waals surface area contributed by atoms with Crippen molar-refractivity contribution in [3.63, 3.8) is 0 Å². The van der Waals surface area contributed by atoms with E-state index in [2.05, 4.69) is 28.1 Å². The van der Waals surface area contributed by atoms with Gasteiger partial charge in [0.1, 0.15) is 0 Å². The molecule has 0 saturated heterocycles. The van der Waals surface area contributed by atoms with E-state index in [1.54, 1.807) is 18.0 Å². The summed E-state index contributed by atoms with van der Waals surface area (Å²) < 4.78 is 0. The predicted molar refractivity (Wildman–Crippen MR) is 60.2 cm³/mol. The predicted octanol–water partition coefficient (Wildman–Crippen LogP) is 1.96. The third-order valence-corrected chi connectivity index (χ3v) is 3.22. The number of hydrogen-bond acceptors (Lipinski definition) is 4. The number of nitrogens with two attached hydrogens (primary N) is 1. The lowest BCUT2D eigenvalue weighted by Gasteiger charge is -2.05. The summed E-state index contributed by atoms with van der Waals surface area (Å²) in [5.41, 5.74) is 8.60. The van der Waals surface area contributed by atoms with Gasteiger partial charge in [-0.05, 0) is 13.2 Å². The summed E-state index contributed by atoms with van der Waals surface area (Å²) >= 11 is 1.78. The zero-order chi connectivity index (χ0) is 10.1. The van der Waals surface area contributed by atoms with Gasteiger partial charge in [-0.3, -0.25) is 0 Å². The molecule has 0 amide bonds. The van der Waals surface area contributed by atoms with E-state index < -0.39 is 0 Å². The highest BCUT2D eigenvalue weighted by Gasteiger charge is 2.11. The van der Waals surface area contributed by atoms with Gasteiger partial charge < -0.3 is 10.7 Å². The fourth-order valence-electron chi connectivity index (χ4n) is 1.38. The van der Waals surface area contributed by atoms with Crippen molar-refractivity contribution in [3.8, 4) is 0 Å². The number of fused-ring (bicyclic) bond motifs is 1. The molecule has 0 aliphatic rings. The molecular formula is C9H12N4S. The molecule has 5 heteroatoms. The quantitative estimate of drug-likeness (QED) is 0.791. The van der Waals surface area contributed by atoms with Crippen LogP contribution in [0.1, 0.15) is 17.7 Å². The number of H-pyrrole nitrogens is 1. The molecule has 2 aromatic rings. The topological polar surface area (TPSA) is 67.6 Å². The number of thioether (sulfide) groups is 1. The highest BCUT2D eigenvalue weighted by molar-refractivity contribution is 7.98. The average molecular weight is 208 g/mol. The highest BCUT2D eigenvalue weighted by Crippen LogP contribution is 2.30. The highest BCUT2D eigenvalue weighted by atomic mass is 32.2. The molecule has 2 aromatic heterocycles. The Morgan fingerprint density at radius 1 is 1.57 bits per heavy atom. The number of rotatable bonds is 2. The summed E-state index contributed by atoms with van der Waals surface area (Å²) in [6, 6.07) is 0. The molecule has 0 spiro atoms. The molecule has 0 unspecified atom stereocenters. The van der Waals surface area contributed by atoms with Gasteiger partial charge in [0, 0.05) is 17.0 Å². The minimum atomic E-state index is 0.326. The number of nitrogen functional groups attached to an aromatic ring is 1. The number of nitrogens with one attached hydrogen (secondary N) is 1. The van der Waals surface area contributed by atoms with Crippen molar-refractivity contribution in [1.29, 1.82) is 0 Å². The van der Waals surface area contributed by atoms with Gasteiger partial charge in [0.15, 0.2) is 0 Å². The molecule has 2 heterocycles. The summed E-state index contributed by atoms with van der Waals surface area (Å²) in [5, 5.41) is 0.415. The minimum Gasteiger partial charge on any atom is -0.368 e. The largest absolute Gasteiger partial charge is 0.368 e. The Bertz CT molecular complexity index is 451. The monoisotopic (exact) mass is 208 g/mol. The van der Waals surface area contributed by atoms with Crippen molar-refractivity contribution in [1.82, 2.24) is 15.0 Å². The van der Waals surface area contributed by atoms with E-state index in [0.717, 1.165) is 11.0 Å². The van der Waals surface area contributed by atoms with Gasteiger partial charge in [0.2, 0.25) is 5.95 Å². The fourth-order valence-corrected chi connectivity index (χ4v) is 1.82. The molecule has 0 bridgehead atoms. The molecule has 0 aliphatic heterocycles. The van der Waals surface area contributed by atoms with Crippen molar-refractivity contribution in [3.05, 3.63) is 18.0 Å². The average Bonchev–Trinajstić information content (AvgIpc) is 2.59. The third kappa shape index (κ3) is 1.43. The maximum absolute atomic E-state index is 5.55. The first-order valence-electron chi connectivity index (χ1n) is 4.34. The zero-order valence-electron chi connectivity index (χ0n) is 8.11. The van der Waals surface area contributed by atoms with Gasteiger partial charge in [0.25, 0.3) is 0 Å². The van der Waals surface area contributed by atoms with Gasteiger partial charge in [-0.1, -0.05) is 0 Å². The van der Waals surface area contributed by atoms with Crippen molar-refractivity contribution >= 4 is 28.7 Å². The van der Waals surface area contributed by atoms with Crippen molar-refractivity contribution < 1.29 is 0 Å². The molecule has 0 aromatic carbocycles. The molecule has 0 fully saturated rings. The van der Waals surface area contributed by atoms with Crippen LogP contribution in [0.25, 0.3) is 11.0 Å². The maximum Gasteiger partial charge on any atom is 0.220 e. The second-order valence-electron chi connectivity index (χ2n) is 3.11. The van der Waals surface area contributed by atoms with Crippen LogP contribution >= 0.6 is 11.8 Å². The first kappa shape index (κ1) is 9.33. The lowest BCUT2D eigenvalue weighted by atomic mass is 10.2. The van der Waals surface area contributed by atoms with Crippen LogP contribution in [-0.4, -0.2) is 21.2 Å². The Balaban J connectivity index is 2.61. The summed E-state index contributed by atoms with van der Waals surface area (Å²) in [5.74, 6) is 0.326. The Morgan fingerprint density at radius 3 is 3.07 bits per heavy atom. The Kier molecular flexibility index (Phi) is 2.33. The van der Waals surface area contributed by atoms with E-state index >= 15 is 0 Å². The Hall–Kier alpha value is -1.23. The number of nitrogens with zero attached hydrogens (tertiary/aromatic N) is 2. The van der Waals surface area contributed by atoms with Crippen molar-refractivity contribution in [2.24, 2.45) is 0 Å². The van der Waals surface area contributed by atoms with Crippen LogP contribution in [0, 0.1) is 0 Å². The van der Waals surface area contributed by atoms with Crippen LogP contribution in [0.3, 0.4) is 0 Å². The second kappa shape index (κ2) is 3.49. The molecule has 3 N–H and O–H groups in total. The Labute approximate surface area is 86.3 Å². The molecule has 1 atom stereocenters. The van der Waals surface area contributed by atoms with E-state index in [9.17, 15) is 0 Å². The minimum absolute atomic E-state index is 0.326. The maximum atomic E-state index is 5.55. The van der Waals surface area contributed by atoms with E-state index in [1.807, 2.05) is 6.20 Å². The van der Waals surface area contributed by atoms with Gasteiger partial charge in [-0.25, -0.2) is 9.97 Å². The molecule has 0 radical (unpaired) electrons.